The van der Waals surface area contributed by atoms with Crippen molar-refractivity contribution in [1.29, 1.82) is 0 Å². The van der Waals surface area contributed by atoms with Gasteiger partial charge in [-0.1, -0.05) is 0 Å². The molecular formula is C5H10N2O3. The fourth-order valence-corrected chi connectivity index (χ4v) is 0.385. The molecule has 0 fully saturated rings. The van der Waals surface area contributed by atoms with Gasteiger partial charge >= 0.3 is 6.09 Å². The standard InChI is InChI=1S/C5H10N2O3/c1-2-7-4(8)3-10-5(6)9/h2-3H2,1H3,(H2,6,9)(H,7,8). The number of carbonyl (C=O) groups excluding carboxylic acids is 2. The Labute approximate surface area is 58.5 Å². The van der Waals surface area contributed by atoms with Gasteiger partial charge in [0.2, 0.25) is 0 Å². The van der Waals surface area contributed by atoms with Crippen molar-refractivity contribution in [3.05, 3.63) is 0 Å². The molecule has 0 unspecified atom stereocenters. The third-order valence-electron chi connectivity index (χ3n) is 0.719. The quantitative estimate of drug-likeness (QED) is 0.547. The molecule has 0 aromatic heterocycles. The smallest absolute Gasteiger partial charge is 0.405 e. The van der Waals surface area contributed by atoms with Gasteiger partial charge in [-0.25, -0.2) is 4.79 Å². The third kappa shape index (κ3) is 4.89. The maximum atomic E-state index is 10.5. The summed E-state index contributed by atoms with van der Waals surface area (Å²) in [6.07, 6.45) is -0.939. The Morgan fingerprint density at radius 1 is 1.60 bits per heavy atom. The molecule has 2 amide bonds. The molecule has 10 heavy (non-hydrogen) atoms. The second-order valence-electron chi connectivity index (χ2n) is 1.56. The van der Waals surface area contributed by atoms with Crippen molar-refractivity contribution < 1.29 is 14.3 Å². The Morgan fingerprint density at radius 3 is 2.60 bits per heavy atom. The lowest BCUT2D eigenvalue weighted by atomic mass is 10.6. The minimum Gasteiger partial charge on any atom is -0.440 e. The first-order valence-corrected chi connectivity index (χ1v) is 2.85. The molecule has 5 heteroatoms. The zero-order chi connectivity index (χ0) is 7.98. The van der Waals surface area contributed by atoms with E-state index in [1.165, 1.54) is 0 Å². The first-order chi connectivity index (χ1) is 4.66. The van der Waals surface area contributed by atoms with Crippen LogP contribution in [0.1, 0.15) is 6.92 Å². The summed E-state index contributed by atoms with van der Waals surface area (Å²) in [5, 5.41) is 2.43. The summed E-state index contributed by atoms with van der Waals surface area (Å²) >= 11 is 0. The van der Waals surface area contributed by atoms with Crippen molar-refractivity contribution in [2.45, 2.75) is 6.92 Å². The molecular weight excluding hydrogens is 136 g/mol. The van der Waals surface area contributed by atoms with Crippen LogP contribution in [-0.4, -0.2) is 25.2 Å². The van der Waals surface area contributed by atoms with E-state index in [2.05, 4.69) is 15.8 Å². The van der Waals surface area contributed by atoms with Crippen LogP contribution in [0.3, 0.4) is 0 Å². The minimum absolute atomic E-state index is 0.302. The summed E-state index contributed by atoms with van der Waals surface area (Å²) in [5.74, 6) is -0.346. The number of nitrogens with two attached hydrogens (primary N) is 1. The first-order valence-electron chi connectivity index (χ1n) is 2.85. The summed E-state index contributed by atoms with van der Waals surface area (Å²) < 4.78 is 4.18. The van der Waals surface area contributed by atoms with Crippen molar-refractivity contribution >= 4 is 12.0 Å². The largest absolute Gasteiger partial charge is 0.440 e. The van der Waals surface area contributed by atoms with Crippen LogP contribution in [0.4, 0.5) is 4.79 Å². The summed E-state index contributed by atoms with van der Waals surface area (Å²) in [4.78, 5) is 20.4. The van der Waals surface area contributed by atoms with Gasteiger partial charge in [0.25, 0.3) is 5.91 Å². The Morgan fingerprint density at radius 2 is 2.20 bits per heavy atom. The summed E-state index contributed by atoms with van der Waals surface area (Å²) in [7, 11) is 0. The van der Waals surface area contributed by atoms with Crippen molar-refractivity contribution in [3.63, 3.8) is 0 Å². The van der Waals surface area contributed by atoms with Crippen LogP contribution in [0.25, 0.3) is 0 Å². The zero-order valence-electron chi connectivity index (χ0n) is 5.72. The number of hydrogen-bond acceptors (Lipinski definition) is 3. The highest BCUT2D eigenvalue weighted by atomic mass is 16.5. The molecule has 0 aliphatic heterocycles. The maximum Gasteiger partial charge on any atom is 0.405 e. The molecule has 0 aliphatic rings. The second kappa shape index (κ2) is 4.60. The van der Waals surface area contributed by atoms with E-state index in [0.717, 1.165) is 0 Å². The molecule has 0 aliphatic carbocycles. The zero-order valence-corrected chi connectivity index (χ0v) is 5.72. The fraction of sp³-hybridized carbons (Fsp3) is 0.600. The van der Waals surface area contributed by atoms with Gasteiger partial charge in [-0.05, 0) is 6.92 Å². The highest BCUT2D eigenvalue weighted by molar-refractivity contribution is 5.79. The highest BCUT2D eigenvalue weighted by Gasteiger charge is 2.00. The lowest BCUT2D eigenvalue weighted by Gasteiger charge is -2.00. The number of hydrogen-bond donors (Lipinski definition) is 2. The number of nitrogens with one attached hydrogen (secondary N) is 1. The van der Waals surface area contributed by atoms with Crippen molar-refractivity contribution in [1.82, 2.24) is 5.32 Å². The molecule has 0 aromatic rings. The van der Waals surface area contributed by atoms with Crippen molar-refractivity contribution in [3.8, 4) is 0 Å². The van der Waals surface area contributed by atoms with E-state index in [1.807, 2.05) is 0 Å². The van der Waals surface area contributed by atoms with Crippen LogP contribution in [0, 0.1) is 0 Å². The van der Waals surface area contributed by atoms with Gasteiger partial charge in [0.05, 0.1) is 0 Å². The van der Waals surface area contributed by atoms with Crippen molar-refractivity contribution in [2.75, 3.05) is 13.2 Å². The minimum atomic E-state index is -0.939. The first kappa shape index (κ1) is 8.74. The molecule has 3 N–H and O–H groups in total. The van der Waals surface area contributed by atoms with Gasteiger partial charge in [-0.15, -0.1) is 0 Å². The monoisotopic (exact) mass is 146 g/mol. The molecule has 0 atom stereocenters. The number of ether oxygens (including phenoxy) is 1. The van der Waals surface area contributed by atoms with E-state index in [4.69, 9.17) is 0 Å². The van der Waals surface area contributed by atoms with Gasteiger partial charge in [0.1, 0.15) is 0 Å². The molecule has 0 heterocycles. The summed E-state index contributed by atoms with van der Waals surface area (Å²) in [5.41, 5.74) is 4.60. The lowest BCUT2D eigenvalue weighted by Crippen LogP contribution is -2.29. The number of amides is 2. The predicted octanol–water partition coefficient (Wildman–Crippen LogP) is -0.782. The number of likely N-dealkylation sites (N-methyl/N-ethyl adjacent to an activating group) is 1. The molecule has 58 valence electrons. The van der Waals surface area contributed by atoms with Gasteiger partial charge < -0.3 is 15.8 Å². The van der Waals surface area contributed by atoms with Crippen molar-refractivity contribution in [2.24, 2.45) is 5.73 Å². The van der Waals surface area contributed by atoms with Gasteiger partial charge in [-0.2, -0.15) is 0 Å². The third-order valence-corrected chi connectivity index (χ3v) is 0.719. The van der Waals surface area contributed by atoms with E-state index in [0.29, 0.717) is 6.54 Å². The van der Waals surface area contributed by atoms with Crippen LogP contribution < -0.4 is 11.1 Å². The maximum absolute atomic E-state index is 10.5. The van der Waals surface area contributed by atoms with Crippen LogP contribution in [0.15, 0.2) is 0 Å². The molecule has 0 radical (unpaired) electrons. The Hall–Kier alpha value is -1.26. The summed E-state index contributed by atoms with van der Waals surface area (Å²) in [6, 6.07) is 0. The number of primary amides is 1. The van der Waals surface area contributed by atoms with Gasteiger partial charge in [0, 0.05) is 6.54 Å². The number of carbonyl (C=O) groups is 2. The van der Waals surface area contributed by atoms with E-state index in [9.17, 15) is 9.59 Å². The summed E-state index contributed by atoms with van der Waals surface area (Å²) in [6.45, 7) is 1.98. The van der Waals surface area contributed by atoms with E-state index >= 15 is 0 Å². The van der Waals surface area contributed by atoms with Crippen LogP contribution in [-0.2, 0) is 9.53 Å². The Kier molecular flexibility index (Phi) is 4.02. The molecule has 0 rings (SSSR count). The average Bonchev–Trinajstić information content (AvgIpc) is 1.85. The molecule has 0 aromatic carbocycles. The van der Waals surface area contributed by atoms with Crippen LogP contribution >= 0.6 is 0 Å². The molecule has 0 spiro atoms. The predicted molar refractivity (Wildman–Crippen MR) is 34.2 cm³/mol. The van der Waals surface area contributed by atoms with E-state index in [-0.39, 0.29) is 12.5 Å². The normalized spacial score (nSPS) is 8.50. The van der Waals surface area contributed by atoms with E-state index < -0.39 is 6.09 Å². The fourth-order valence-electron chi connectivity index (χ4n) is 0.385. The molecule has 5 nitrogen and oxygen atoms in total. The highest BCUT2D eigenvalue weighted by Crippen LogP contribution is 1.72. The SMILES string of the molecule is CCNC(=O)COC(N)=O. The van der Waals surface area contributed by atoms with Crippen LogP contribution in [0.2, 0.25) is 0 Å². The van der Waals surface area contributed by atoms with Gasteiger partial charge in [-0.3, -0.25) is 4.79 Å². The van der Waals surface area contributed by atoms with Gasteiger partial charge in [0.15, 0.2) is 6.61 Å². The van der Waals surface area contributed by atoms with Crippen LogP contribution in [0.5, 0.6) is 0 Å². The number of rotatable bonds is 3. The molecule has 0 saturated carbocycles. The Bertz CT molecular complexity index is 135. The molecule has 0 bridgehead atoms. The van der Waals surface area contributed by atoms with E-state index in [1.54, 1.807) is 6.92 Å². The second-order valence-corrected chi connectivity index (χ2v) is 1.56. The molecule has 0 saturated heterocycles. The topological polar surface area (TPSA) is 81.4 Å². The Balaban J connectivity index is 3.30. The lowest BCUT2D eigenvalue weighted by molar-refractivity contribution is -0.123. The average molecular weight is 146 g/mol.